The summed E-state index contributed by atoms with van der Waals surface area (Å²) in [4.78, 5) is 17.1. The molecule has 5 nitrogen and oxygen atoms in total. The van der Waals surface area contributed by atoms with Gasteiger partial charge in [-0.25, -0.2) is 4.98 Å². The fourth-order valence-electron chi connectivity index (χ4n) is 3.91. The molecule has 0 unspecified atom stereocenters. The lowest BCUT2D eigenvalue weighted by Crippen LogP contribution is -2.26. The molecule has 4 aromatic rings. The number of ether oxygens (including phenoxy) is 1. The Labute approximate surface area is 188 Å². The van der Waals surface area contributed by atoms with E-state index in [0.29, 0.717) is 17.9 Å². The quantitative estimate of drug-likeness (QED) is 0.425. The van der Waals surface area contributed by atoms with Gasteiger partial charge < -0.3 is 14.6 Å². The number of aryl methyl sites for hydroxylation is 1. The maximum Gasteiger partial charge on any atom is 0.251 e. The molecule has 0 saturated heterocycles. The summed E-state index contributed by atoms with van der Waals surface area (Å²) in [5, 5.41) is 3.07. The van der Waals surface area contributed by atoms with Crippen molar-refractivity contribution in [3.05, 3.63) is 114 Å². The van der Waals surface area contributed by atoms with E-state index in [9.17, 15) is 4.79 Å². The molecule has 5 heteroatoms. The number of carbonyl (C=O) groups excluding carboxylic acids is 1. The van der Waals surface area contributed by atoms with Crippen LogP contribution >= 0.6 is 0 Å². The summed E-state index contributed by atoms with van der Waals surface area (Å²) in [6.45, 7) is 2.50. The molecule has 1 aromatic heterocycles. The van der Waals surface area contributed by atoms with Crippen molar-refractivity contribution < 1.29 is 9.53 Å². The largest absolute Gasteiger partial charge is 0.495 e. The molecule has 0 aliphatic heterocycles. The van der Waals surface area contributed by atoms with Crippen molar-refractivity contribution in [1.29, 1.82) is 0 Å². The number of benzene rings is 3. The van der Waals surface area contributed by atoms with Gasteiger partial charge in [-0.1, -0.05) is 60.7 Å². The number of hydrogen-bond acceptors (Lipinski definition) is 3. The molecule has 1 amide bonds. The molecule has 0 radical (unpaired) electrons. The van der Waals surface area contributed by atoms with E-state index >= 15 is 0 Å². The maximum atomic E-state index is 12.8. The van der Waals surface area contributed by atoms with Crippen LogP contribution in [0.15, 0.2) is 91.4 Å². The van der Waals surface area contributed by atoms with Gasteiger partial charge in [0.15, 0.2) is 0 Å². The van der Waals surface area contributed by atoms with Gasteiger partial charge in [0.1, 0.15) is 5.75 Å². The Bertz CT molecular complexity index is 1130. The Hall–Kier alpha value is -3.86. The Morgan fingerprint density at radius 1 is 1.00 bits per heavy atom. The Morgan fingerprint density at radius 2 is 1.66 bits per heavy atom. The molecule has 1 N–H and O–H groups in total. The lowest BCUT2D eigenvalue weighted by atomic mass is 9.88. The molecule has 0 spiro atoms. The van der Waals surface area contributed by atoms with Crippen molar-refractivity contribution in [2.75, 3.05) is 13.7 Å². The molecule has 0 fully saturated rings. The average molecular weight is 426 g/mol. The zero-order valence-corrected chi connectivity index (χ0v) is 18.4. The minimum atomic E-state index is -0.114. The zero-order valence-electron chi connectivity index (χ0n) is 18.4. The van der Waals surface area contributed by atoms with Crippen LogP contribution < -0.4 is 10.1 Å². The van der Waals surface area contributed by atoms with Crippen LogP contribution in [0.1, 0.15) is 39.5 Å². The Kier molecular flexibility index (Phi) is 6.66. The summed E-state index contributed by atoms with van der Waals surface area (Å²) < 4.78 is 7.42. The normalized spacial score (nSPS) is 10.8. The number of nitrogens with zero attached hydrogens (tertiary/aromatic N) is 2. The molecule has 3 aromatic carbocycles. The standard InChI is InChI=1S/C27H27N3O2/c1-20-18-30(19-29-20)25-14-13-23(17-26(25)32-2)27(31)28-16-15-24(21-9-5-3-6-10-21)22-11-7-4-8-12-22/h3-14,17-19,24H,15-16H2,1-2H3,(H,28,31). The van der Waals surface area contributed by atoms with Gasteiger partial charge in [0, 0.05) is 24.2 Å². The lowest BCUT2D eigenvalue weighted by molar-refractivity contribution is 0.0952. The van der Waals surface area contributed by atoms with Crippen LogP contribution in [0, 0.1) is 6.92 Å². The first-order chi connectivity index (χ1) is 15.7. The van der Waals surface area contributed by atoms with Crippen molar-refractivity contribution in [2.45, 2.75) is 19.3 Å². The fraction of sp³-hybridized carbons (Fsp3) is 0.185. The highest BCUT2D eigenvalue weighted by Crippen LogP contribution is 2.28. The number of imidazole rings is 1. The molecule has 32 heavy (non-hydrogen) atoms. The number of methoxy groups -OCH3 is 1. The summed E-state index contributed by atoms with van der Waals surface area (Å²) >= 11 is 0. The highest BCUT2D eigenvalue weighted by molar-refractivity contribution is 5.95. The molecule has 0 saturated carbocycles. The number of nitrogens with one attached hydrogen (secondary N) is 1. The van der Waals surface area contributed by atoms with E-state index in [2.05, 4.69) is 58.8 Å². The minimum Gasteiger partial charge on any atom is -0.495 e. The summed E-state index contributed by atoms with van der Waals surface area (Å²) in [6, 6.07) is 26.3. The van der Waals surface area contributed by atoms with Gasteiger partial charge in [0.05, 0.1) is 24.8 Å². The smallest absolute Gasteiger partial charge is 0.251 e. The van der Waals surface area contributed by atoms with Gasteiger partial charge in [-0.3, -0.25) is 4.79 Å². The predicted molar refractivity (Wildman–Crippen MR) is 127 cm³/mol. The van der Waals surface area contributed by atoms with Crippen LogP contribution in [-0.4, -0.2) is 29.1 Å². The zero-order chi connectivity index (χ0) is 22.3. The maximum absolute atomic E-state index is 12.8. The SMILES string of the molecule is COc1cc(C(=O)NCCC(c2ccccc2)c2ccccc2)ccc1-n1cnc(C)c1. The van der Waals surface area contributed by atoms with E-state index in [-0.39, 0.29) is 11.8 Å². The molecule has 1 heterocycles. The van der Waals surface area contributed by atoms with Gasteiger partial charge in [0.2, 0.25) is 0 Å². The number of rotatable bonds is 8. The van der Waals surface area contributed by atoms with Gasteiger partial charge in [0.25, 0.3) is 5.91 Å². The topological polar surface area (TPSA) is 56.1 Å². The number of amides is 1. The molecule has 0 atom stereocenters. The summed E-state index contributed by atoms with van der Waals surface area (Å²) in [5.41, 5.74) is 4.82. The first kappa shape index (κ1) is 21.4. The second-order valence-electron chi connectivity index (χ2n) is 7.73. The van der Waals surface area contributed by atoms with Crippen LogP contribution in [0.4, 0.5) is 0 Å². The van der Waals surface area contributed by atoms with Crippen molar-refractivity contribution in [1.82, 2.24) is 14.9 Å². The van der Waals surface area contributed by atoms with E-state index in [1.165, 1.54) is 11.1 Å². The van der Waals surface area contributed by atoms with Crippen LogP contribution in [-0.2, 0) is 0 Å². The minimum absolute atomic E-state index is 0.114. The van der Waals surface area contributed by atoms with Crippen molar-refractivity contribution in [3.63, 3.8) is 0 Å². The molecular weight excluding hydrogens is 398 g/mol. The van der Waals surface area contributed by atoms with Crippen LogP contribution in [0.3, 0.4) is 0 Å². The average Bonchev–Trinajstić information content (AvgIpc) is 3.28. The Balaban J connectivity index is 1.46. The molecule has 0 aliphatic carbocycles. The van der Waals surface area contributed by atoms with Crippen molar-refractivity contribution >= 4 is 5.91 Å². The fourth-order valence-corrected chi connectivity index (χ4v) is 3.91. The number of aromatic nitrogens is 2. The van der Waals surface area contributed by atoms with Crippen LogP contribution in [0.25, 0.3) is 5.69 Å². The van der Waals surface area contributed by atoms with Crippen molar-refractivity contribution in [2.24, 2.45) is 0 Å². The third-order valence-electron chi connectivity index (χ3n) is 5.55. The van der Waals surface area contributed by atoms with Crippen LogP contribution in [0.5, 0.6) is 5.75 Å². The molecular formula is C27H27N3O2. The van der Waals surface area contributed by atoms with E-state index in [4.69, 9.17) is 4.74 Å². The first-order valence-corrected chi connectivity index (χ1v) is 10.7. The second-order valence-corrected chi connectivity index (χ2v) is 7.73. The van der Waals surface area contributed by atoms with E-state index in [1.54, 1.807) is 19.5 Å². The predicted octanol–water partition coefficient (Wildman–Crippen LogP) is 5.14. The third-order valence-corrected chi connectivity index (χ3v) is 5.55. The van der Waals surface area contributed by atoms with Crippen molar-refractivity contribution in [3.8, 4) is 11.4 Å². The summed E-state index contributed by atoms with van der Waals surface area (Å²) in [7, 11) is 1.61. The van der Waals surface area contributed by atoms with Crippen LogP contribution in [0.2, 0.25) is 0 Å². The highest BCUT2D eigenvalue weighted by Gasteiger charge is 2.16. The number of carbonyl (C=O) groups is 1. The summed E-state index contributed by atoms with van der Waals surface area (Å²) in [5.74, 6) is 0.733. The molecule has 0 bridgehead atoms. The Morgan fingerprint density at radius 3 is 2.22 bits per heavy atom. The number of hydrogen-bond donors (Lipinski definition) is 1. The first-order valence-electron chi connectivity index (χ1n) is 10.7. The van der Waals surface area contributed by atoms with Gasteiger partial charge >= 0.3 is 0 Å². The summed E-state index contributed by atoms with van der Waals surface area (Å²) in [6.07, 6.45) is 4.47. The molecule has 0 aliphatic rings. The van der Waals surface area contributed by atoms with Gasteiger partial charge in [-0.15, -0.1) is 0 Å². The van der Waals surface area contributed by atoms with Gasteiger partial charge in [-0.05, 0) is 42.7 Å². The highest BCUT2D eigenvalue weighted by atomic mass is 16.5. The van der Waals surface area contributed by atoms with E-state index in [1.807, 2.05) is 42.0 Å². The van der Waals surface area contributed by atoms with Gasteiger partial charge in [-0.2, -0.15) is 0 Å². The lowest BCUT2D eigenvalue weighted by Gasteiger charge is -2.18. The van der Waals surface area contributed by atoms with E-state index in [0.717, 1.165) is 17.8 Å². The third kappa shape index (κ3) is 4.89. The second kappa shape index (κ2) is 9.96. The molecule has 162 valence electrons. The molecule has 4 rings (SSSR count). The monoisotopic (exact) mass is 425 g/mol. The van der Waals surface area contributed by atoms with E-state index < -0.39 is 0 Å².